The number of halogens is 2. The van der Waals surface area contributed by atoms with E-state index in [1.165, 1.54) is 17.0 Å². The van der Waals surface area contributed by atoms with Crippen LogP contribution in [0.15, 0.2) is 65.6 Å². The molecule has 0 saturated heterocycles. The highest BCUT2D eigenvalue weighted by molar-refractivity contribution is 7.92. The van der Waals surface area contributed by atoms with Gasteiger partial charge in [0, 0.05) is 12.1 Å². The molecule has 0 fully saturated rings. The predicted molar refractivity (Wildman–Crippen MR) is 166 cm³/mol. The zero-order valence-electron chi connectivity index (χ0n) is 24.5. The Hall–Kier alpha value is -3.07. The van der Waals surface area contributed by atoms with Crippen molar-refractivity contribution < 1.29 is 18.0 Å². The Kier molecular flexibility index (Phi) is 10.2. The highest BCUT2D eigenvalue weighted by atomic mass is 35.5. The molecular weight excluding hydrogens is 581 g/mol. The minimum Gasteiger partial charge on any atom is -0.350 e. The summed E-state index contributed by atoms with van der Waals surface area (Å²) < 4.78 is 29.0. The van der Waals surface area contributed by atoms with E-state index in [0.717, 1.165) is 21.0 Å². The first kappa shape index (κ1) is 32.4. The Morgan fingerprint density at radius 1 is 0.878 bits per heavy atom. The third-order valence-corrected chi connectivity index (χ3v) is 9.20. The van der Waals surface area contributed by atoms with Gasteiger partial charge in [-0.05, 0) is 102 Å². The van der Waals surface area contributed by atoms with Crippen molar-refractivity contribution in [2.24, 2.45) is 0 Å². The molecule has 3 aromatic carbocycles. The maximum absolute atomic E-state index is 14.1. The summed E-state index contributed by atoms with van der Waals surface area (Å²) in [5.74, 6) is -0.924. The maximum Gasteiger partial charge on any atom is 0.264 e. The average molecular weight is 619 g/mol. The van der Waals surface area contributed by atoms with Crippen molar-refractivity contribution in [3.63, 3.8) is 0 Å². The lowest BCUT2D eigenvalue weighted by molar-refractivity contribution is -0.140. The van der Waals surface area contributed by atoms with Gasteiger partial charge in [0.15, 0.2) is 0 Å². The van der Waals surface area contributed by atoms with Crippen molar-refractivity contribution in [1.82, 2.24) is 10.2 Å². The lowest BCUT2D eigenvalue weighted by atomic mass is 10.1. The summed E-state index contributed by atoms with van der Waals surface area (Å²) in [6.45, 7) is 12.3. The fraction of sp³-hybridized carbons (Fsp3) is 0.355. The quantitative estimate of drug-likeness (QED) is 0.299. The predicted octanol–water partition coefficient (Wildman–Crippen LogP) is 6.45. The summed E-state index contributed by atoms with van der Waals surface area (Å²) in [6, 6.07) is 15.8. The first-order valence-electron chi connectivity index (χ1n) is 13.2. The zero-order chi connectivity index (χ0) is 30.7. The summed E-state index contributed by atoms with van der Waals surface area (Å²) in [4.78, 5) is 28.7. The van der Waals surface area contributed by atoms with Gasteiger partial charge in [0.05, 0.1) is 20.6 Å². The molecule has 41 heavy (non-hydrogen) atoms. The second-order valence-electron chi connectivity index (χ2n) is 11.3. The van der Waals surface area contributed by atoms with Gasteiger partial charge in [0.25, 0.3) is 10.0 Å². The standard InChI is InChI=1S/C31H37Cl2N3O4S/c1-20-8-13-26(14-9-20)41(39,40)36(25-12-10-21(2)22(3)16-25)19-29(37)35(23(4)30(38)34-31(5,6)7)18-24-11-15-27(32)28(33)17-24/h8-17,23H,18-19H2,1-7H3,(H,34,38). The Morgan fingerprint density at radius 3 is 2.07 bits per heavy atom. The molecule has 0 bridgehead atoms. The van der Waals surface area contributed by atoms with E-state index in [-0.39, 0.29) is 17.3 Å². The van der Waals surface area contributed by atoms with Crippen molar-refractivity contribution in [2.75, 3.05) is 10.8 Å². The van der Waals surface area contributed by atoms with Crippen molar-refractivity contribution in [3.05, 3.63) is 93.0 Å². The second kappa shape index (κ2) is 12.8. The summed E-state index contributed by atoms with van der Waals surface area (Å²) in [5, 5.41) is 3.57. The van der Waals surface area contributed by atoms with Gasteiger partial charge in [0.2, 0.25) is 11.8 Å². The van der Waals surface area contributed by atoms with Crippen LogP contribution < -0.4 is 9.62 Å². The van der Waals surface area contributed by atoms with Gasteiger partial charge in [0.1, 0.15) is 12.6 Å². The van der Waals surface area contributed by atoms with Crippen LogP contribution in [0.3, 0.4) is 0 Å². The van der Waals surface area contributed by atoms with Crippen LogP contribution in [0.4, 0.5) is 5.69 Å². The number of nitrogens with zero attached hydrogens (tertiary/aromatic N) is 2. The largest absolute Gasteiger partial charge is 0.350 e. The van der Waals surface area contributed by atoms with Crippen molar-refractivity contribution in [3.8, 4) is 0 Å². The molecule has 0 radical (unpaired) electrons. The number of hydrogen-bond donors (Lipinski definition) is 1. The number of benzene rings is 3. The van der Waals surface area contributed by atoms with Crippen LogP contribution in [0.2, 0.25) is 10.0 Å². The number of anilines is 1. The number of carbonyl (C=O) groups excluding carboxylic acids is 2. The van der Waals surface area contributed by atoms with Crippen LogP contribution in [0, 0.1) is 20.8 Å². The van der Waals surface area contributed by atoms with Crippen molar-refractivity contribution in [2.45, 2.75) is 71.5 Å². The summed E-state index contributed by atoms with van der Waals surface area (Å²) >= 11 is 12.3. The molecule has 1 atom stereocenters. The number of sulfonamides is 1. The highest BCUT2D eigenvalue weighted by Gasteiger charge is 2.33. The number of carbonyl (C=O) groups is 2. The molecule has 7 nitrogen and oxygen atoms in total. The SMILES string of the molecule is Cc1ccc(S(=O)(=O)N(CC(=O)N(Cc2ccc(Cl)c(Cl)c2)C(C)C(=O)NC(C)(C)C)c2ccc(C)c(C)c2)cc1. The Balaban J connectivity index is 2.08. The molecule has 0 aromatic heterocycles. The summed E-state index contributed by atoms with van der Waals surface area (Å²) in [7, 11) is -4.14. The van der Waals surface area contributed by atoms with Gasteiger partial charge in [-0.15, -0.1) is 0 Å². The molecule has 10 heteroatoms. The molecule has 0 heterocycles. The van der Waals surface area contributed by atoms with Gasteiger partial charge in [-0.25, -0.2) is 8.42 Å². The molecule has 220 valence electrons. The summed E-state index contributed by atoms with van der Waals surface area (Å²) in [5.41, 5.74) is 3.23. The average Bonchev–Trinajstić information content (AvgIpc) is 2.88. The summed E-state index contributed by atoms with van der Waals surface area (Å²) in [6.07, 6.45) is 0. The number of hydrogen-bond acceptors (Lipinski definition) is 4. The van der Waals surface area contributed by atoms with Gasteiger partial charge >= 0.3 is 0 Å². The van der Waals surface area contributed by atoms with E-state index in [9.17, 15) is 18.0 Å². The lowest BCUT2D eigenvalue weighted by Gasteiger charge is -2.33. The fourth-order valence-corrected chi connectivity index (χ4v) is 5.86. The van der Waals surface area contributed by atoms with E-state index in [1.807, 2.05) is 47.6 Å². The monoisotopic (exact) mass is 617 g/mol. The minimum absolute atomic E-state index is 0.0137. The molecule has 0 aliphatic heterocycles. The van der Waals surface area contributed by atoms with Crippen LogP contribution in [-0.2, 0) is 26.2 Å². The smallest absolute Gasteiger partial charge is 0.264 e. The third-order valence-electron chi connectivity index (χ3n) is 6.67. The molecule has 3 rings (SSSR count). The maximum atomic E-state index is 14.1. The van der Waals surface area contributed by atoms with Crippen LogP contribution in [0.5, 0.6) is 0 Å². The number of rotatable bonds is 9. The lowest BCUT2D eigenvalue weighted by Crippen LogP contribution is -2.54. The molecule has 0 saturated carbocycles. The Labute approximate surface area is 253 Å². The van der Waals surface area contributed by atoms with Gasteiger partial charge in [-0.1, -0.05) is 53.0 Å². The third kappa shape index (κ3) is 8.24. The van der Waals surface area contributed by atoms with Crippen molar-refractivity contribution in [1.29, 1.82) is 0 Å². The van der Waals surface area contributed by atoms with Crippen LogP contribution >= 0.6 is 23.2 Å². The number of amides is 2. The fourth-order valence-electron chi connectivity index (χ4n) is 4.14. The molecule has 0 spiro atoms. The molecule has 1 unspecified atom stereocenters. The number of aryl methyl sites for hydroxylation is 3. The topological polar surface area (TPSA) is 86.8 Å². The number of nitrogens with one attached hydrogen (secondary N) is 1. The Morgan fingerprint density at radius 2 is 1.51 bits per heavy atom. The molecule has 1 N–H and O–H groups in total. The normalized spacial score (nSPS) is 12.5. The van der Waals surface area contributed by atoms with Gasteiger partial charge in [-0.3, -0.25) is 13.9 Å². The van der Waals surface area contributed by atoms with Crippen LogP contribution in [0.1, 0.15) is 49.9 Å². The highest BCUT2D eigenvalue weighted by Crippen LogP contribution is 2.28. The van der Waals surface area contributed by atoms with E-state index in [4.69, 9.17) is 23.2 Å². The second-order valence-corrected chi connectivity index (χ2v) is 14.0. The first-order valence-corrected chi connectivity index (χ1v) is 15.4. The van der Waals surface area contributed by atoms with Crippen LogP contribution in [0.25, 0.3) is 0 Å². The van der Waals surface area contributed by atoms with Crippen LogP contribution in [-0.4, -0.2) is 43.3 Å². The van der Waals surface area contributed by atoms with Crippen molar-refractivity contribution >= 4 is 50.7 Å². The Bertz CT molecular complexity index is 1530. The first-order chi connectivity index (χ1) is 19.0. The van der Waals surface area contributed by atoms with E-state index < -0.39 is 34.1 Å². The van der Waals surface area contributed by atoms with E-state index in [1.54, 1.807) is 49.4 Å². The molecule has 3 aromatic rings. The van der Waals surface area contributed by atoms with Gasteiger partial charge in [-0.2, -0.15) is 0 Å². The minimum atomic E-state index is -4.14. The molecular formula is C31H37Cl2N3O4S. The molecule has 0 aliphatic rings. The van der Waals surface area contributed by atoms with E-state index >= 15 is 0 Å². The zero-order valence-corrected chi connectivity index (χ0v) is 26.8. The molecule has 2 amide bonds. The van der Waals surface area contributed by atoms with E-state index in [0.29, 0.717) is 21.3 Å². The van der Waals surface area contributed by atoms with E-state index in [2.05, 4.69) is 5.32 Å². The molecule has 0 aliphatic carbocycles. The van der Waals surface area contributed by atoms with Gasteiger partial charge < -0.3 is 10.2 Å².